The zero-order valence-electron chi connectivity index (χ0n) is 6.88. The number of rotatable bonds is 1. The Labute approximate surface area is 71.5 Å². The molecule has 1 aliphatic carbocycles. The molecule has 0 saturated heterocycles. The summed E-state index contributed by atoms with van der Waals surface area (Å²) in [6.07, 6.45) is 6.27. The monoisotopic (exact) mass is 168 g/mol. The Morgan fingerprint density at radius 3 is 2.67 bits per heavy atom. The predicted molar refractivity (Wildman–Crippen MR) is 42.1 cm³/mol. The second-order valence-corrected chi connectivity index (χ2v) is 2.96. The van der Waals surface area contributed by atoms with Crippen LogP contribution in [0.2, 0.25) is 0 Å². The zero-order chi connectivity index (χ0) is 8.81. The third-order valence-corrected chi connectivity index (χ3v) is 2.07. The van der Waals surface area contributed by atoms with E-state index in [-0.39, 0.29) is 6.04 Å². The van der Waals surface area contributed by atoms with Crippen molar-refractivity contribution in [3.05, 3.63) is 0 Å². The molecule has 0 unspecified atom stereocenters. The molecule has 0 aliphatic heterocycles. The van der Waals surface area contributed by atoms with Crippen LogP contribution in [0.5, 0.6) is 0 Å². The van der Waals surface area contributed by atoms with Crippen molar-refractivity contribution in [1.29, 1.82) is 5.26 Å². The number of ether oxygens (including phenoxy) is 1. The van der Waals surface area contributed by atoms with Crippen molar-refractivity contribution in [2.45, 2.75) is 38.1 Å². The number of carbonyl (C=O) groups excluding carboxylic acids is 1. The van der Waals surface area contributed by atoms with Gasteiger partial charge in [-0.2, -0.15) is 0 Å². The van der Waals surface area contributed by atoms with Crippen molar-refractivity contribution < 1.29 is 9.53 Å². The van der Waals surface area contributed by atoms with Gasteiger partial charge in [-0.3, -0.25) is 0 Å². The van der Waals surface area contributed by atoms with Gasteiger partial charge in [-0.1, -0.05) is 19.3 Å². The molecule has 1 N–H and O–H groups in total. The molecule has 1 fully saturated rings. The Morgan fingerprint density at radius 2 is 2.08 bits per heavy atom. The van der Waals surface area contributed by atoms with E-state index in [0.717, 1.165) is 25.7 Å². The number of carbonyl (C=O) groups is 1. The molecule has 4 nitrogen and oxygen atoms in total. The summed E-state index contributed by atoms with van der Waals surface area (Å²) in [4.78, 5) is 10.8. The summed E-state index contributed by atoms with van der Waals surface area (Å²) in [5.41, 5.74) is 0. The van der Waals surface area contributed by atoms with E-state index in [0.29, 0.717) is 0 Å². The van der Waals surface area contributed by atoms with Gasteiger partial charge in [0.2, 0.25) is 0 Å². The van der Waals surface area contributed by atoms with Crippen LogP contribution in [-0.4, -0.2) is 12.1 Å². The molecule has 1 rings (SSSR count). The smallest absolute Gasteiger partial charge is 0.334 e. The van der Waals surface area contributed by atoms with Crippen LogP contribution in [0, 0.1) is 11.5 Å². The average molecular weight is 168 g/mol. The van der Waals surface area contributed by atoms with E-state index in [2.05, 4.69) is 10.1 Å². The van der Waals surface area contributed by atoms with Crippen LogP contribution < -0.4 is 5.32 Å². The fraction of sp³-hybridized carbons (Fsp3) is 0.750. The third-order valence-electron chi connectivity index (χ3n) is 2.07. The molecular weight excluding hydrogens is 156 g/mol. The number of alkyl carbamates (subject to hydrolysis) is 1. The highest BCUT2D eigenvalue weighted by Gasteiger charge is 2.15. The maximum absolute atomic E-state index is 10.8. The molecule has 0 aromatic rings. The van der Waals surface area contributed by atoms with Crippen molar-refractivity contribution in [3.63, 3.8) is 0 Å². The minimum Gasteiger partial charge on any atom is -0.334 e. The van der Waals surface area contributed by atoms with Crippen molar-refractivity contribution in [3.8, 4) is 6.26 Å². The van der Waals surface area contributed by atoms with E-state index in [1.54, 1.807) is 0 Å². The Bertz CT molecular complexity index is 192. The van der Waals surface area contributed by atoms with E-state index in [9.17, 15) is 4.79 Å². The van der Waals surface area contributed by atoms with Crippen molar-refractivity contribution in [2.75, 3.05) is 0 Å². The van der Waals surface area contributed by atoms with E-state index in [1.165, 1.54) is 12.7 Å². The van der Waals surface area contributed by atoms with E-state index < -0.39 is 6.09 Å². The highest BCUT2D eigenvalue weighted by molar-refractivity contribution is 5.68. The molecule has 1 saturated carbocycles. The minimum atomic E-state index is -0.621. The quantitative estimate of drug-likeness (QED) is 0.604. The molecule has 0 atom stereocenters. The predicted octanol–water partition coefficient (Wildman–Crippen LogP) is 1.53. The first-order valence-electron chi connectivity index (χ1n) is 4.19. The highest BCUT2D eigenvalue weighted by Crippen LogP contribution is 2.17. The summed E-state index contributed by atoms with van der Waals surface area (Å²) in [7, 11) is 0. The van der Waals surface area contributed by atoms with Gasteiger partial charge in [-0.15, -0.1) is 5.26 Å². The van der Waals surface area contributed by atoms with Gasteiger partial charge in [-0.05, 0) is 12.8 Å². The number of nitrogens with one attached hydrogen (secondary N) is 1. The van der Waals surface area contributed by atoms with E-state index in [4.69, 9.17) is 5.26 Å². The van der Waals surface area contributed by atoms with Gasteiger partial charge in [0, 0.05) is 6.04 Å². The number of hydrogen-bond acceptors (Lipinski definition) is 3. The first-order chi connectivity index (χ1) is 5.83. The molecule has 0 bridgehead atoms. The van der Waals surface area contributed by atoms with Gasteiger partial charge in [-0.25, -0.2) is 4.79 Å². The van der Waals surface area contributed by atoms with Crippen LogP contribution in [0.3, 0.4) is 0 Å². The maximum atomic E-state index is 10.8. The molecule has 66 valence electrons. The maximum Gasteiger partial charge on any atom is 0.422 e. The number of nitriles is 1. The normalized spacial score (nSPS) is 17.9. The highest BCUT2D eigenvalue weighted by atomic mass is 16.5. The molecule has 0 spiro atoms. The van der Waals surface area contributed by atoms with Crippen molar-refractivity contribution in [2.24, 2.45) is 0 Å². The lowest BCUT2D eigenvalue weighted by atomic mass is 9.96. The van der Waals surface area contributed by atoms with Gasteiger partial charge in [0.05, 0.1) is 0 Å². The first-order valence-corrected chi connectivity index (χ1v) is 4.19. The summed E-state index contributed by atoms with van der Waals surface area (Å²) in [5, 5.41) is 10.7. The lowest BCUT2D eigenvalue weighted by Gasteiger charge is -2.21. The molecule has 1 aliphatic rings. The zero-order valence-corrected chi connectivity index (χ0v) is 6.88. The van der Waals surface area contributed by atoms with Gasteiger partial charge in [0.15, 0.2) is 0 Å². The molecular formula is C8H12N2O2. The fourth-order valence-electron chi connectivity index (χ4n) is 1.48. The van der Waals surface area contributed by atoms with Gasteiger partial charge >= 0.3 is 6.09 Å². The molecule has 0 radical (unpaired) electrons. The minimum absolute atomic E-state index is 0.208. The largest absolute Gasteiger partial charge is 0.422 e. The molecule has 1 amide bonds. The van der Waals surface area contributed by atoms with Crippen LogP contribution in [0.15, 0.2) is 0 Å². The molecule has 0 aromatic heterocycles. The summed E-state index contributed by atoms with van der Waals surface area (Å²) >= 11 is 0. The molecule has 0 heterocycles. The number of nitrogens with zero attached hydrogens (tertiary/aromatic N) is 1. The topological polar surface area (TPSA) is 62.1 Å². The standard InChI is InChI=1S/C8H12N2O2/c9-6-12-8(11)10-7-4-2-1-3-5-7/h7H,1-5H2,(H,10,11). The summed E-state index contributed by atoms with van der Waals surface area (Å²) in [5.74, 6) is 0. The van der Waals surface area contributed by atoms with Crippen molar-refractivity contribution >= 4 is 6.09 Å². The Morgan fingerprint density at radius 1 is 1.42 bits per heavy atom. The summed E-state index contributed by atoms with van der Waals surface area (Å²) < 4.78 is 4.10. The second-order valence-electron chi connectivity index (χ2n) is 2.96. The summed E-state index contributed by atoms with van der Waals surface area (Å²) in [6, 6.07) is 0.208. The first kappa shape index (κ1) is 8.85. The second kappa shape index (κ2) is 4.60. The van der Waals surface area contributed by atoms with Crippen LogP contribution in [0.1, 0.15) is 32.1 Å². The lowest BCUT2D eigenvalue weighted by Crippen LogP contribution is -2.35. The Hall–Kier alpha value is -1.24. The summed E-state index contributed by atoms with van der Waals surface area (Å²) in [6.45, 7) is 0. The fourth-order valence-corrected chi connectivity index (χ4v) is 1.48. The van der Waals surface area contributed by atoms with E-state index >= 15 is 0 Å². The van der Waals surface area contributed by atoms with Crippen LogP contribution in [0.25, 0.3) is 0 Å². The SMILES string of the molecule is N#COC(=O)NC1CCCCC1. The third kappa shape index (κ3) is 2.79. The van der Waals surface area contributed by atoms with Gasteiger partial charge in [0.1, 0.15) is 0 Å². The van der Waals surface area contributed by atoms with Crippen LogP contribution >= 0.6 is 0 Å². The lowest BCUT2D eigenvalue weighted by molar-refractivity contribution is 0.182. The van der Waals surface area contributed by atoms with Crippen LogP contribution in [0.4, 0.5) is 4.79 Å². The van der Waals surface area contributed by atoms with Gasteiger partial charge in [0.25, 0.3) is 6.26 Å². The Kier molecular flexibility index (Phi) is 3.39. The molecule has 12 heavy (non-hydrogen) atoms. The Balaban J connectivity index is 2.21. The van der Waals surface area contributed by atoms with Crippen molar-refractivity contribution in [1.82, 2.24) is 5.32 Å². The average Bonchev–Trinajstić information content (AvgIpc) is 2.06. The molecule has 4 heteroatoms. The van der Waals surface area contributed by atoms with E-state index in [1.807, 2.05) is 0 Å². The number of amides is 1. The number of hydrogen-bond donors (Lipinski definition) is 1. The molecule has 0 aromatic carbocycles. The van der Waals surface area contributed by atoms with Crippen LogP contribution in [-0.2, 0) is 4.74 Å². The van der Waals surface area contributed by atoms with Gasteiger partial charge < -0.3 is 10.1 Å².